The first-order valence-electron chi connectivity index (χ1n) is 4.61. The van der Waals surface area contributed by atoms with Gasteiger partial charge in [-0.1, -0.05) is 18.2 Å². The van der Waals surface area contributed by atoms with Crippen molar-refractivity contribution in [3.63, 3.8) is 0 Å². The van der Waals surface area contributed by atoms with Gasteiger partial charge in [0.1, 0.15) is 0 Å². The highest BCUT2D eigenvalue weighted by molar-refractivity contribution is 5.50. The number of benzene rings is 1. The third-order valence-corrected chi connectivity index (χ3v) is 2.25. The van der Waals surface area contributed by atoms with E-state index in [1.807, 2.05) is 25.1 Å². The minimum absolute atomic E-state index is 0.0844. The molecule has 0 unspecified atom stereocenters. The maximum Gasteiger partial charge on any atom is 0.0710 e. The van der Waals surface area contributed by atoms with Gasteiger partial charge in [0, 0.05) is 11.7 Å². The van der Waals surface area contributed by atoms with Gasteiger partial charge in [-0.05, 0) is 32.4 Å². The van der Waals surface area contributed by atoms with E-state index in [4.69, 9.17) is 0 Å². The molecule has 0 spiro atoms. The second-order valence-electron chi connectivity index (χ2n) is 3.49. The maximum absolute atomic E-state index is 9.31. The van der Waals surface area contributed by atoms with Gasteiger partial charge in [-0.2, -0.15) is 0 Å². The predicted molar refractivity (Wildman–Crippen MR) is 55.9 cm³/mol. The van der Waals surface area contributed by atoms with Gasteiger partial charge >= 0.3 is 0 Å². The summed E-state index contributed by atoms with van der Waals surface area (Å²) in [5.41, 5.74) is 2.30. The lowest BCUT2D eigenvalue weighted by molar-refractivity contribution is 0.178. The molecule has 0 amide bonds. The first-order valence-corrected chi connectivity index (χ1v) is 4.61. The van der Waals surface area contributed by atoms with Crippen LogP contribution in [-0.2, 0) is 0 Å². The summed E-state index contributed by atoms with van der Waals surface area (Å²) in [5.74, 6) is 0. The van der Waals surface area contributed by atoms with Crippen LogP contribution in [0.2, 0.25) is 0 Å². The molecule has 1 aromatic carbocycles. The molecule has 13 heavy (non-hydrogen) atoms. The largest absolute Gasteiger partial charge is 0.391 e. The first kappa shape index (κ1) is 10.1. The maximum atomic E-state index is 9.31. The van der Waals surface area contributed by atoms with E-state index in [1.165, 1.54) is 5.56 Å². The number of aliphatic hydroxyl groups excluding tert-OH is 1. The lowest BCUT2D eigenvalue weighted by atomic mass is 10.1. The number of hydrogen-bond donors (Lipinski definition) is 2. The SMILES string of the molecule is Cc1ccccc1N[C@@H](C)[C@H](C)O. The molecule has 0 saturated carbocycles. The molecule has 0 heterocycles. The molecule has 0 aliphatic rings. The topological polar surface area (TPSA) is 32.3 Å². The van der Waals surface area contributed by atoms with E-state index in [0.717, 1.165) is 5.69 Å². The second-order valence-corrected chi connectivity index (χ2v) is 3.49. The fourth-order valence-corrected chi connectivity index (χ4v) is 1.10. The first-order chi connectivity index (χ1) is 6.11. The summed E-state index contributed by atoms with van der Waals surface area (Å²) in [7, 11) is 0. The number of rotatable bonds is 3. The van der Waals surface area contributed by atoms with E-state index >= 15 is 0 Å². The molecule has 1 rings (SSSR count). The lowest BCUT2D eigenvalue weighted by Crippen LogP contribution is -2.28. The molecule has 2 atom stereocenters. The van der Waals surface area contributed by atoms with Crippen molar-refractivity contribution in [3.05, 3.63) is 29.8 Å². The smallest absolute Gasteiger partial charge is 0.0710 e. The van der Waals surface area contributed by atoms with E-state index in [1.54, 1.807) is 6.92 Å². The van der Waals surface area contributed by atoms with Crippen LogP contribution in [0.4, 0.5) is 5.69 Å². The van der Waals surface area contributed by atoms with Crippen LogP contribution in [-0.4, -0.2) is 17.3 Å². The van der Waals surface area contributed by atoms with E-state index in [-0.39, 0.29) is 12.1 Å². The number of aliphatic hydroxyl groups is 1. The molecule has 0 fully saturated rings. The third-order valence-electron chi connectivity index (χ3n) is 2.25. The van der Waals surface area contributed by atoms with Crippen molar-refractivity contribution in [3.8, 4) is 0 Å². The van der Waals surface area contributed by atoms with Gasteiger partial charge in [-0.15, -0.1) is 0 Å². The predicted octanol–water partition coefficient (Wildman–Crippen LogP) is 2.18. The Labute approximate surface area is 79.6 Å². The number of hydrogen-bond acceptors (Lipinski definition) is 2. The van der Waals surface area contributed by atoms with E-state index in [2.05, 4.69) is 18.3 Å². The zero-order chi connectivity index (χ0) is 9.84. The summed E-state index contributed by atoms with van der Waals surface area (Å²) in [5, 5.41) is 12.6. The number of aryl methyl sites for hydroxylation is 1. The minimum atomic E-state index is -0.334. The third kappa shape index (κ3) is 2.74. The monoisotopic (exact) mass is 179 g/mol. The molecule has 72 valence electrons. The lowest BCUT2D eigenvalue weighted by Gasteiger charge is -2.19. The van der Waals surface area contributed by atoms with Gasteiger partial charge in [0.2, 0.25) is 0 Å². The van der Waals surface area contributed by atoms with Crippen molar-refractivity contribution in [2.75, 3.05) is 5.32 Å². The molecule has 1 aromatic rings. The number of nitrogens with one attached hydrogen (secondary N) is 1. The summed E-state index contributed by atoms with van der Waals surface area (Å²) in [6, 6.07) is 8.16. The Morgan fingerprint density at radius 1 is 1.23 bits per heavy atom. The van der Waals surface area contributed by atoms with Crippen molar-refractivity contribution < 1.29 is 5.11 Å². The summed E-state index contributed by atoms with van der Waals surface area (Å²) in [6.07, 6.45) is -0.334. The fourth-order valence-electron chi connectivity index (χ4n) is 1.10. The van der Waals surface area contributed by atoms with Gasteiger partial charge in [-0.3, -0.25) is 0 Å². The molecule has 2 heteroatoms. The Morgan fingerprint density at radius 2 is 1.85 bits per heavy atom. The van der Waals surface area contributed by atoms with Crippen LogP contribution in [0.25, 0.3) is 0 Å². The van der Waals surface area contributed by atoms with Crippen LogP contribution in [0, 0.1) is 6.92 Å². The van der Waals surface area contributed by atoms with Crippen molar-refractivity contribution in [2.24, 2.45) is 0 Å². The van der Waals surface area contributed by atoms with E-state index < -0.39 is 0 Å². The van der Waals surface area contributed by atoms with Gasteiger partial charge in [0.15, 0.2) is 0 Å². The molecule has 2 N–H and O–H groups in total. The summed E-state index contributed by atoms with van der Waals surface area (Å²) in [6.45, 7) is 5.81. The summed E-state index contributed by atoms with van der Waals surface area (Å²) >= 11 is 0. The highest BCUT2D eigenvalue weighted by Crippen LogP contribution is 2.14. The highest BCUT2D eigenvalue weighted by Gasteiger charge is 2.08. The van der Waals surface area contributed by atoms with Crippen LogP contribution in [0.1, 0.15) is 19.4 Å². The van der Waals surface area contributed by atoms with Crippen LogP contribution in [0.15, 0.2) is 24.3 Å². The van der Waals surface area contributed by atoms with Crippen molar-refractivity contribution in [1.29, 1.82) is 0 Å². The summed E-state index contributed by atoms with van der Waals surface area (Å²) < 4.78 is 0. The average Bonchev–Trinajstić information content (AvgIpc) is 2.08. The van der Waals surface area contributed by atoms with Gasteiger partial charge in [0.05, 0.1) is 6.10 Å². The van der Waals surface area contributed by atoms with Gasteiger partial charge < -0.3 is 10.4 Å². The van der Waals surface area contributed by atoms with Crippen LogP contribution in [0.5, 0.6) is 0 Å². The Hall–Kier alpha value is -1.02. The Balaban J connectivity index is 2.69. The summed E-state index contributed by atoms with van der Waals surface area (Å²) in [4.78, 5) is 0. The molecule has 0 aliphatic carbocycles. The molecule has 2 nitrogen and oxygen atoms in total. The van der Waals surface area contributed by atoms with Crippen molar-refractivity contribution in [2.45, 2.75) is 32.9 Å². The second kappa shape index (κ2) is 4.28. The molecule has 0 bridgehead atoms. The fraction of sp³-hybridized carbons (Fsp3) is 0.455. The van der Waals surface area contributed by atoms with Gasteiger partial charge in [0.25, 0.3) is 0 Å². The Kier molecular flexibility index (Phi) is 3.32. The zero-order valence-electron chi connectivity index (χ0n) is 8.41. The van der Waals surface area contributed by atoms with Gasteiger partial charge in [-0.25, -0.2) is 0 Å². The Bertz CT molecular complexity index is 271. The molecule has 0 radical (unpaired) electrons. The zero-order valence-corrected chi connectivity index (χ0v) is 8.41. The normalized spacial score (nSPS) is 15.1. The molecule has 0 saturated heterocycles. The molecule has 0 aliphatic heterocycles. The molecular formula is C11H17NO. The average molecular weight is 179 g/mol. The Morgan fingerprint density at radius 3 is 2.38 bits per heavy atom. The quantitative estimate of drug-likeness (QED) is 0.745. The number of para-hydroxylation sites is 1. The standard InChI is InChI=1S/C11H17NO/c1-8-6-4-5-7-11(8)12-9(2)10(3)13/h4-7,9-10,12-13H,1-3H3/t9-,10-/m0/s1. The minimum Gasteiger partial charge on any atom is -0.391 e. The van der Waals surface area contributed by atoms with E-state index in [0.29, 0.717) is 0 Å². The van der Waals surface area contributed by atoms with Crippen molar-refractivity contribution >= 4 is 5.69 Å². The van der Waals surface area contributed by atoms with Crippen molar-refractivity contribution in [1.82, 2.24) is 0 Å². The van der Waals surface area contributed by atoms with Crippen LogP contribution >= 0.6 is 0 Å². The number of anilines is 1. The molecular weight excluding hydrogens is 162 g/mol. The molecule has 0 aromatic heterocycles. The van der Waals surface area contributed by atoms with E-state index in [9.17, 15) is 5.11 Å². The van der Waals surface area contributed by atoms with Crippen LogP contribution in [0.3, 0.4) is 0 Å². The van der Waals surface area contributed by atoms with Crippen LogP contribution < -0.4 is 5.32 Å². The highest BCUT2D eigenvalue weighted by atomic mass is 16.3.